The van der Waals surface area contributed by atoms with E-state index < -0.39 is 0 Å². The van der Waals surface area contributed by atoms with Gasteiger partial charge < -0.3 is 9.47 Å². The maximum Gasteiger partial charge on any atom is 0.130 e. The molecule has 0 bridgehead atoms. The third-order valence-corrected chi connectivity index (χ3v) is 3.41. The van der Waals surface area contributed by atoms with E-state index in [2.05, 4.69) is 13.8 Å². The van der Waals surface area contributed by atoms with E-state index in [4.69, 9.17) is 9.47 Å². The minimum atomic E-state index is -0.359. The fraction of sp³-hybridized carbons (Fsp3) is 0.600. The molecule has 1 saturated heterocycles. The largest absolute Gasteiger partial charge is 0.487 e. The summed E-state index contributed by atoms with van der Waals surface area (Å²) in [5, 5.41) is 0. The van der Waals surface area contributed by atoms with Crippen LogP contribution >= 0.6 is 0 Å². The van der Waals surface area contributed by atoms with Gasteiger partial charge in [0.25, 0.3) is 0 Å². The van der Waals surface area contributed by atoms with Crippen LogP contribution in [0.2, 0.25) is 0 Å². The van der Waals surface area contributed by atoms with E-state index in [9.17, 15) is 4.39 Å². The first-order valence-electron chi connectivity index (χ1n) is 6.33. The van der Waals surface area contributed by atoms with Crippen molar-refractivity contribution in [2.24, 2.45) is 0 Å². The van der Waals surface area contributed by atoms with E-state index in [1.165, 1.54) is 12.1 Å². The van der Waals surface area contributed by atoms with Crippen molar-refractivity contribution in [1.82, 2.24) is 0 Å². The lowest BCUT2D eigenvalue weighted by atomic mass is 9.97. The summed E-state index contributed by atoms with van der Waals surface area (Å²) in [5.74, 6) is 0.334. The molecule has 0 spiro atoms. The Bertz CT molecular complexity index is 452. The lowest BCUT2D eigenvalue weighted by molar-refractivity contribution is -0.0846. The normalized spacial score (nSPS) is 25.1. The fourth-order valence-corrected chi connectivity index (χ4v) is 2.55. The van der Waals surface area contributed by atoms with Gasteiger partial charge in [0.2, 0.25) is 0 Å². The van der Waals surface area contributed by atoms with Crippen LogP contribution in [0.25, 0.3) is 0 Å². The van der Waals surface area contributed by atoms with Crippen molar-refractivity contribution in [3.63, 3.8) is 0 Å². The van der Waals surface area contributed by atoms with Crippen LogP contribution in [0.3, 0.4) is 0 Å². The van der Waals surface area contributed by atoms with E-state index in [1.54, 1.807) is 6.07 Å². The molecule has 1 unspecified atom stereocenters. The van der Waals surface area contributed by atoms with Crippen LogP contribution in [-0.2, 0) is 4.74 Å². The Hall–Kier alpha value is -1.09. The predicted octanol–water partition coefficient (Wildman–Crippen LogP) is 3.86. The quantitative estimate of drug-likeness (QED) is 0.795. The maximum absolute atomic E-state index is 13.3. The second-order valence-corrected chi connectivity index (χ2v) is 6.19. The molecule has 1 aromatic carbocycles. The molecule has 0 radical (unpaired) electrons. The standard InChI is InChI=1S/C15H21FO2/c1-10-6-7-11(16)8-12(10)17-13-9-14(2,3)18-15(13,4)5/h6-8,13H,9H2,1-5H3. The number of benzene rings is 1. The van der Waals surface area contributed by atoms with Crippen molar-refractivity contribution in [2.75, 3.05) is 0 Å². The highest BCUT2D eigenvalue weighted by Gasteiger charge is 2.47. The van der Waals surface area contributed by atoms with E-state index >= 15 is 0 Å². The molecule has 1 aliphatic rings. The van der Waals surface area contributed by atoms with Gasteiger partial charge in [0, 0.05) is 12.5 Å². The first-order chi connectivity index (χ1) is 8.20. The van der Waals surface area contributed by atoms with Gasteiger partial charge in [-0.3, -0.25) is 0 Å². The average Bonchev–Trinajstić information content (AvgIpc) is 2.40. The molecule has 18 heavy (non-hydrogen) atoms. The molecule has 0 amide bonds. The smallest absolute Gasteiger partial charge is 0.130 e. The van der Waals surface area contributed by atoms with Gasteiger partial charge in [-0.25, -0.2) is 4.39 Å². The van der Waals surface area contributed by atoms with Crippen LogP contribution in [0, 0.1) is 12.7 Å². The number of halogens is 1. The van der Waals surface area contributed by atoms with Crippen LogP contribution in [0.4, 0.5) is 4.39 Å². The van der Waals surface area contributed by atoms with Gasteiger partial charge in [-0.1, -0.05) is 6.07 Å². The van der Waals surface area contributed by atoms with Gasteiger partial charge in [-0.2, -0.15) is 0 Å². The summed E-state index contributed by atoms with van der Waals surface area (Å²) in [7, 11) is 0. The monoisotopic (exact) mass is 252 g/mol. The van der Waals surface area contributed by atoms with Crippen molar-refractivity contribution in [3.8, 4) is 5.75 Å². The zero-order valence-electron chi connectivity index (χ0n) is 11.7. The highest BCUT2D eigenvalue weighted by molar-refractivity contribution is 5.33. The summed E-state index contributed by atoms with van der Waals surface area (Å²) >= 11 is 0. The first-order valence-corrected chi connectivity index (χ1v) is 6.33. The second-order valence-electron chi connectivity index (χ2n) is 6.19. The highest BCUT2D eigenvalue weighted by Crippen LogP contribution is 2.40. The molecule has 2 nitrogen and oxygen atoms in total. The van der Waals surface area contributed by atoms with Crippen molar-refractivity contribution in [1.29, 1.82) is 0 Å². The number of aryl methyl sites for hydroxylation is 1. The molecule has 1 aliphatic heterocycles. The molecule has 1 fully saturated rings. The molecule has 1 atom stereocenters. The minimum Gasteiger partial charge on any atom is -0.487 e. The topological polar surface area (TPSA) is 18.5 Å². The molecule has 0 saturated carbocycles. The molecule has 0 N–H and O–H groups in total. The predicted molar refractivity (Wildman–Crippen MR) is 69.4 cm³/mol. The van der Waals surface area contributed by atoms with E-state index in [0.29, 0.717) is 5.75 Å². The van der Waals surface area contributed by atoms with Gasteiger partial charge >= 0.3 is 0 Å². The molecule has 1 heterocycles. The summed E-state index contributed by atoms with van der Waals surface area (Å²) < 4.78 is 25.2. The Morgan fingerprint density at radius 3 is 2.50 bits per heavy atom. The van der Waals surface area contributed by atoms with Gasteiger partial charge in [0.1, 0.15) is 23.3 Å². The van der Waals surface area contributed by atoms with Gasteiger partial charge in [0.05, 0.1) is 5.60 Å². The summed E-state index contributed by atoms with van der Waals surface area (Å²) in [5.41, 5.74) is 0.384. The Morgan fingerprint density at radius 2 is 1.94 bits per heavy atom. The third kappa shape index (κ3) is 2.66. The van der Waals surface area contributed by atoms with Crippen molar-refractivity contribution in [2.45, 2.75) is 58.3 Å². The summed E-state index contributed by atoms with van der Waals surface area (Å²) in [6.07, 6.45) is 0.740. The maximum atomic E-state index is 13.3. The molecule has 1 aromatic rings. The van der Waals surface area contributed by atoms with Crippen LogP contribution in [0.15, 0.2) is 18.2 Å². The summed E-state index contributed by atoms with van der Waals surface area (Å²) in [6, 6.07) is 4.62. The van der Waals surface area contributed by atoms with Crippen LogP contribution in [0.5, 0.6) is 5.75 Å². The summed E-state index contributed by atoms with van der Waals surface area (Å²) in [4.78, 5) is 0. The van der Waals surface area contributed by atoms with E-state index in [-0.39, 0.29) is 23.1 Å². The number of rotatable bonds is 2. The lowest BCUT2D eigenvalue weighted by Crippen LogP contribution is -2.36. The van der Waals surface area contributed by atoms with Crippen LogP contribution in [0.1, 0.15) is 39.7 Å². The lowest BCUT2D eigenvalue weighted by Gasteiger charge is -2.27. The van der Waals surface area contributed by atoms with E-state index in [1.807, 2.05) is 20.8 Å². The van der Waals surface area contributed by atoms with Crippen LogP contribution < -0.4 is 4.74 Å². The van der Waals surface area contributed by atoms with Crippen molar-refractivity contribution in [3.05, 3.63) is 29.6 Å². The van der Waals surface area contributed by atoms with Gasteiger partial charge in [0.15, 0.2) is 0 Å². The Labute approximate surface area is 108 Å². The Balaban J connectivity index is 2.21. The van der Waals surface area contributed by atoms with Crippen molar-refractivity contribution >= 4 is 0 Å². The number of ether oxygens (including phenoxy) is 2. The molecule has 0 aliphatic carbocycles. The van der Waals surface area contributed by atoms with Gasteiger partial charge in [-0.05, 0) is 46.2 Å². The third-order valence-electron chi connectivity index (χ3n) is 3.41. The zero-order chi connectivity index (χ0) is 13.6. The van der Waals surface area contributed by atoms with Crippen LogP contribution in [-0.4, -0.2) is 17.3 Å². The van der Waals surface area contributed by atoms with Crippen molar-refractivity contribution < 1.29 is 13.9 Å². The highest BCUT2D eigenvalue weighted by atomic mass is 19.1. The molecular weight excluding hydrogens is 231 g/mol. The average molecular weight is 252 g/mol. The van der Waals surface area contributed by atoms with Gasteiger partial charge in [-0.15, -0.1) is 0 Å². The molecule has 0 aromatic heterocycles. The minimum absolute atomic E-state index is 0.0620. The number of hydrogen-bond donors (Lipinski definition) is 0. The molecule has 100 valence electrons. The number of hydrogen-bond acceptors (Lipinski definition) is 2. The fourth-order valence-electron chi connectivity index (χ4n) is 2.55. The first kappa shape index (κ1) is 13.3. The zero-order valence-corrected chi connectivity index (χ0v) is 11.7. The molecule has 2 rings (SSSR count). The second kappa shape index (κ2) is 4.23. The summed E-state index contributed by atoms with van der Waals surface area (Å²) in [6.45, 7) is 10.1. The Morgan fingerprint density at radius 1 is 1.28 bits per heavy atom. The van der Waals surface area contributed by atoms with E-state index in [0.717, 1.165) is 12.0 Å². The SMILES string of the molecule is Cc1ccc(F)cc1OC1CC(C)(C)OC1(C)C. The molecule has 3 heteroatoms. The Kier molecular flexibility index (Phi) is 3.14. The molecular formula is C15H21FO2.